The standard InChI is InChI=1S/C13H29N3O/c1-7-13(4,5)15-12(17)11(3)14-9-10-16(6)8-2/h11,14H,7-10H2,1-6H3,(H,15,17). The topological polar surface area (TPSA) is 44.4 Å². The number of hydrogen-bond donors (Lipinski definition) is 2. The van der Waals surface area contributed by atoms with Gasteiger partial charge in [-0.15, -0.1) is 0 Å². The Morgan fingerprint density at radius 3 is 2.41 bits per heavy atom. The van der Waals surface area contributed by atoms with Gasteiger partial charge in [-0.2, -0.15) is 0 Å². The molecular formula is C13H29N3O. The molecule has 1 unspecified atom stereocenters. The van der Waals surface area contributed by atoms with Crippen LogP contribution in [-0.4, -0.2) is 49.1 Å². The molecule has 0 aromatic rings. The van der Waals surface area contributed by atoms with Crippen molar-refractivity contribution in [1.29, 1.82) is 0 Å². The lowest BCUT2D eigenvalue weighted by Crippen LogP contribution is -2.51. The first kappa shape index (κ1) is 16.4. The molecule has 0 aromatic heterocycles. The molecule has 0 rings (SSSR count). The van der Waals surface area contributed by atoms with E-state index < -0.39 is 0 Å². The zero-order valence-corrected chi connectivity index (χ0v) is 12.3. The Bertz CT molecular complexity index is 229. The van der Waals surface area contributed by atoms with Crippen molar-refractivity contribution in [3.05, 3.63) is 0 Å². The van der Waals surface area contributed by atoms with E-state index in [-0.39, 0.29) is 17.5 Å². The van der Waals surface area contributed by atoms with Gasteiger partial charge in [-0.05, 0) is 40.8 Å². The van der Waals surface area contributed by atoms with Crippen molar-refractivity contribution in [2.45, 2.75) is 52.6 Å². The van der Waals surface area contributed by atoms with Crippen LogP contribution in [0.4, 0.5) is 0 Å². The molecule has 0 radical (unpaired) electrons. The van der Waals surface area contributed by atoms with Crippen molar-refractivity contribution in [2.75, 3.05) is 26.7 Å². The molecule has 0 aliphatic rings. The predicted molar refractivity (Wildman–Crippen MR) is 73.1 cm³/mol. The average molecular weight is 243 g/mol. The summed E-state index contributed by atoms with van der Waals surface area (Å²) in [6.07, 6.45) is 0.935. The van der Waals surface area contributed by atoms with Gasteiger partial charge in [-0.1, -0.05) is 13.8 Å². The normalized spacial score (nSPS) is 13.8. The average Bonchev–Trinajstić information content (AvgIpc) is 2.28. The SMILES string of the molecule is CCN(C)CCNC(C)C(=O)NC(C)(C)CC. The molecule has 0 aliphatic heterocycles. The van der Waals surface area contributed by atoms with Crippen molar-refractivity contribution >= 4 is 5.91 Å². The van der Waals surface area contributed by atoms with E-state index in [1.54, 1.807) is 0 Å². The van der Waals surface area contributed by atoms with E-state index in [9.17, 15) is 4.79 Å². The van der Waals surface area contributed by atoms with Crippen LogP contribution in [0.15, 0.2) is 0 Å². The van der Waals surface area contributed by atoms with Gasteiger partial charge in [-0.25, -0.2) is 0 Å². The summed E-state index contributed by atoms with van der Waals surface area (Å²) in [5, 5.41) is 6.28. The van der Waals surface area contributed by atoms with Crippen LogP contribution in [0, 0.1) is 0 Å². The number of hydrogen-bond acceptors (Lipinski definition) is 3. The van der Waals surface area contributed by atoms with Gasteiger partial charge in [0.05, 0.1) is 6.04 Å². The Hall–Kier alpha value is -0.610. The second-order valence-corrected chi connectivity index (χ2v) is 5.30. The van der Waals surface area contributed by atoms with E-state index in [4.69, 9.17) is 0 Å². The highest BCUT2D eigenvalue weighted by Gasteiger charge is 2.21. The fourth-order valence-corrected chi connectivity index (χ4v) is 1.25. The molecule has 0 aromatic carbocycles. The molecule has 0 bridgehead atoms. The summed E-state index contributed by atoms with van der Waals surface area (Å²) in [7, 11) is 2.08. The third-order valence-electron chi connectivity index (χ3n) is 3.22. The van der Waals surface area contributed by atoms with E-state index in [0.717, 1.165) is 26.1 Å². The van der Waals surface area contributed by atoms with Crippen LogP contribution in [0.25, 0.3) is 0 Å². The highest BCUT2D eigenvalue weighted by atomic mass is 16.2. The monoisotopic (exact) mass is 243 g/mol. The second kappa shape index (κ2) is 7.67. The van der Waals surface area contributed by atoms with Gasteiger partial charge in [0.25, 0.3) is 0 Å². The third-order valence-corrected chi connectivity index (χ3v) is 3.22. The molecule has 4 nitrogen and oxygen atoms in total. The molecular weight excluding hydrogens is 214 g/mol. The second-order valence-electron chi connectivity index (χ2n) is 5.30. The van der Waals surface area contributed by atoms with Gasteiger partial charge in [0.2, 0.25) is 5.91 Å². The first-order valence-electron chi connectivity index (χ1n) is 6.56. The number of nitrogens with zero attached hydrogens (tertiary/aromatic N) is 1. The van der Waals surface area contributed by atoms with Crippen molar-refractivity contribution in [3.63, 3.8) is 0 Å². The molecule has 0 saturated carbocycles. The molecule has 0 fully saturated rings. The fourth-order valence-electron chi connectivity index (χ4n) is 1.25. The molecule has 0 aliphatic carbocycles. The Morgan fingerprint density at radius 2 is 1.94 bits per heavy atom. The van der Waals surface area contributed by atoms with Crippen LogP contribution >= 0.6 is 0 Å². The largest absolute Gasteiger partial charge is 0.350 e. The van der Waals surface area contributed by atoms with E-state index >= 15 is 0 Å². The first-order valence-corrected chi connectivity index (χ1v) is 6.56. The first-order chi connectivity index (χ1) is 7.82. The zero-order valence-electron chi connectivity index (χ0n) is 12.3. The summed E-state index contributed by atoms with van der Waals surface area (Å²) < 4.78 is 0. The minimum atomic E-state index is -0.133. The molecule has 17 heavy (non-hydrogen) atoms. The Kier molecular flexibility index (Phi) is 7.39. The van der Waals surface area contributed by atoms with Crippen molar-refractivity contribution < 1.29 is 4.79 Å². The van der Waals surface area contributed by atoms with Crippen LogP contribution < -0.4 is 10.6 Å². The van der Waals surface area contributed by atoms with Gasteiger partial charge < -0.3 is 15.5 Å². The Labute approximate surface area is 106 Å². The number of amides is 1. The molecule has 4 heteroatoms. The summed E-state index contributed by atoms with van der Waals surface area (Å²) >= 11 is 0. The molecule has 2 N–H and O–H groups in total. The molecule has 0 spiro atoms. The van der Waals surface area contributed by atoms with Crippen LogP contribution in [-0.2, 0) is 4.79 Å². The van der Waals surface area contributed by atoms with Crippen LogP contribution in [0.5, 0.6) is 0 Å². The number of likely N-dealkylation sites (N-methyl/N-ethyl adjacent to an activating group) is 1. The minimum Gasteiger partial charge on any atom is -0.350 e. The van der Waals surface area contributed by atoms with Gasteiger partial charge in [0.1, 0.15) is 0 Å². The number of rotatable bonds is 8. The minimum absolute atomic E-state index is 0.0796. The number of carbonyl (C=O) groups is 1. The van der Waals surface area contributed by atoms with E-state index in [0.29, 0.717) is 0 Å². The maximum atomic E-state index is 11.9. The van der Waals surface area contributed by atoms with Gasteiger partial charge in [0.15, 0.2) is 0 Å². The summed E-state index contributed by atoms with van der Waals surface area (Å²) in [4.78, 5) is 14.1. The lowest BCUT2D eigenvalue weighted by atomic mass is 10.0. The van der Waals surface area contributed by atoms with E-state index in [1.165, 1.54) is 0 Å². The maximum absolute atomic E-state index is 11.9. The number of carbonyl (C=O) groups excluding carboxylic acids is 1. The lowest BCUT2D eigenvalue weighted by Gasteiger charge is -2.27. The van der Waals surface area contributed by atoms with Gasteiger partial charge in [0, 0.05) is 18.6 Å². The van der Waals surface area contributed by atoms with E-state index in [1.807, 2.05) is 20.8 Å². The summed E-state index contributed by atoms with van der Waals surface area (Å²) in [5.74, 6) is 0.0796. The summed E-state index contributed by atoms with van der Waals surface area (Å²) in [6.45, 7) is 13.0. The Balaban J connectivity index is 3.90. The zero-order chi connectivity index (χ0) is 13.5. The fraction of sp³-hybridized carbons (Fsp3) is 0.923. The highest BCUT2D eigenvalue weighted by Crippen LogP contribution is 2.06. The Morgan fingerprint density at radius 1 is 1.35 bits per heavy atom. The van der Waals surface area contributed by atoms with Crippen LogP contribution in [0.1, 0.15) is 41.0 Å². The van der Waals surface area contributed by atoms with Crippen molar-refractivity contribution in [3.8, 4) is 0 Å². The molecule has 1 amide bonds. The van der Waals surface area contributed by atoms with Crippen molar-refractivity contribution in [1.82, 2.24) is 15.5 Å². The summed E-state index contributed by atoms with van der Waals surface area (Å²) in [6, 6.07) is -0.133. The van der Waals surface area contributed by atoms with Gasteiger partial charge >= 0.3 is 0 Å². The van der Waals surface area contributed by atoms with Crippen LogP contribution in [0.2, 0.25) is 0 Å². The third kappa shape index (κ3) is 7.34. The highest BCUT2D eigenvalue weighted by molar-refractivity contribution is 5.81. The smallest absolute Gasteiger partial charge is 0.237 e. The summed E-state index contributed by atoms with van der Waals surface area (Å²) in [5.41, 5.74) is -0.118. The molecule has 1 atom stereocenters. The van der Waals surface area contributed by atoms with Crippen LogP contribution in [0.3, 0.4) is 0 Å². The maximum Gasteiger partial charge on any atom is 0.237 e. The molecule has 0 heterocycles. The molecule has 102 valence electrons. The predicted octanol–water partition coefficient (Wildman–Crippen LogP) is 1.22. The van der Waals surface area contributed by atoms with Gasteiger partial charge in [-0.3, -0.25) is 4.79 Å². The number of nitrogens with one attached hydrogen (secondary N) is 2. The molecule has 0 saturated heterocycles. The van der Waals surface area contributed by atoms with Crippen molar-refractivity contribution in [2.24, 2.45) is 0 Å². The van der Waals surface area contributed by atoms with E-state index in [2.05, 4.69) is 36.4 Å². The lowest BCUT2D eigenvalue weighted by molar-refractivity contribution is -0.124. The quantitative estimate of drug-likeness (QED) is 0.674.